The molecule has 4 heteroatoms. The Labute approximate surface area is 200 Å². The molecule has 0 atom stereocenters. The van der Waals surface area contributed by atoms with Crippen molar-refractivity contribution in [2.75, 3.05) is 0 Å². The third-order valence-corrected chi connectivity index (χ3v) is 10.9. The Balaban J connectivity index is 1.81. The van der Waals surface area contributed by atoms with Gasteiger partial charge in [0, 0.05) is 12.6 Å². The Kier molecular flexibility index (Phi) is 6.13. The zero-order valence-electron chi connectivity index (χ0n) is 18.5. The van der Waals surface area contributed by atoms with Crippen LogP contribution in [0.15, 0.2) is 121 Å². The van der Waals surface area contributed by atoms with Crippen molar-refractivity contribution >= 4 is 34.8 Å². The lowest BCUT2D eigenvalue weighted by atomic mass is 10.1. The van der Waals surface area contributed by atoms with Gasteiger partial charge in [0.05, 0.1) is 5.56 Å². The lowest BCUT2D eigenvalue weighted by molar-refractivity contribution is 0.771. The van der Waals surface area contributed by atoms with E-state index in [1.54, 1.807) is 4.68 Å². The van der Waals surface area contributed by atoms with Crippen molar-refractivity contribution in [2.45, 2.75) is 6.16 Å². The predicted octanol–water partition coefficient (Wildman–Crippen LogP) is 6.23. The molecule has 162 valence electrons. The van der Waals surface area contributed by atoms with E-state index in [9.17, 15) is 0 Å². The Morgan fingerprint density at radius 3 is 1.45 bits per heavy atom. The second kappa shape index (κ2) is 9.35. The number of aryl methyl sites for hydroxylation is 1. The van der Waals surface area contributed by atoms with Crippen LogP contribution < -0.4 is 15.9 Å². The van der Waals surface area contributed by atoms with Gasteiger partial charge in [-0.05, 0) is 36.4 Å². The average Bonchev–Trinajstić information content (AvgIpc) is 3.17. The van der Waals surface area contributed by atoms with Crippen molar-refractivity contribution in [1.29, 1.82) is 0 Å². The molecule has 0 amide bonds. The molecule has 1 aromatic heterocycles. The lowest BCUT2D eigenvalue weighted by Gasteiger charge is -2.28. The van der Waals surface area contributed by atoms with E-state index in [4.69, 9.17) is 16.7 Å². The predicted molar refractivity (Wildman–Crippen MR) is 143 cm³/mol. The standard InChI is InChI=1S/C29H25ClN2P/c1-32-29(30)27(28(31-32)23-14-6-2-7-15-23)22-33(24-16-8-3-9-17-24,25-18-10-4-11-19-25)26-20-12-5-13-21-26/h2-21H,22H2,1H3/q+1. The number of nitrogens with zero attached hydrogens (tertiary/aromatic N) is 2. The summed E-state index contributed by atoms with van der Waals surface area (Å²) in [4.78, 5) is 0. The Morgan fingerprint density at radius 1 is 0.636 bits per heavy atom. The van der Waals surface area contributed by atoms with E-state index in [2.05, 4.69) is 115 Å². The second-order valence-corrected chi connectivity index (χ2v) is 11.9. The van der Waals surface area contributed by atoms with Gasteiger partial charge in [0.2, 0.25) is 0 Å². The summed E-state index contributed by atoms with van der Waals surface area (Å²) in [6.45, 7) is 0. The van der Waals surface area contributed by atoms with Gasteiger partial charge in [-0.2, -0.15) is 5.10 Å². The highest BCUT2D eigenvalue weighted by Gasteiger charge is 2.47. The van der Waals surface area contributed by atoms with Crippen LogP contribution in [0, 0.1) is 0 Å². The molecule has 33 heavy (non-hydrogen) atoms. The maximum Gasteiger partial charge on any atom is 0.134 e. The van der Waals surface area contributed by atoms with Crippen LogP contribution in [0.2, 0.25) is 5.15 Å². The molecular weight excluding hydrogens is 443 g/mol. The maximum absolute atomic E-state index is 6.95. The number of benzene rings is 4. The van der Waals surface area contributed by atoms with Gasteiger partial charge in [0.1, 0.15) is 40.2 Å². The number of aromatic nitrogens is 2. The summed E-state index contributed by atoms with van der Waals surface area (Å²) in [7, 11) is -0.151. The molecule has 0 aliphatic carbocycles. The molecule has 0 aliphatic heterocycles. The smallest absolute Gasteiger partial charge is 0.134 e. The normalized spacial score (nSPS) is 11.5. The first kappa shape index (κ1) is 21.6. The molecule has 0 aliphatic rings. The maximum atomic E-state index is 6.95. The fourth-order valence-corrected chi connectivity index (χ4v) is 9.07. The van der Waals surface area contributed by atoms with Gasteiger partial charge in [-0.3, -0.25) is 4.68 Å². The second-order valence-electron chi connectivity index (χ2n) is 8.08. The van der Waals surface area contributed by atoms with Crippen LogP contribution in [-0.2, 0) is 13.2 Å². The number of hydrogen-bond acceptors (Lipinski definition) is 1. The monoisotopic (exact) mass is 467 g/mol. The third-order valence-electron chi connectivity index (χ3n) is 6.10. The van der Waals surface area contributed by atoms with Gasteiger partial charge in [-0.25, -0.2) is 0 Å². The van der Waals surface area contributed by atoms with Gasteiger partial charge in [0.15, 0.2) is 0 Å². The van der Waals surface area contributed by atoms with Gasteiger partial charge in [-0.15, -0.1) is 0 Å². The average molecular weight is 468 g/mol. The highest BCUT2D eigenvalue weighted by atomic mass is 35.5. The van der Waals surface area contributed by atoms with E-state index in [1.165, 1.54) is 15.9 Å². The summed E-state index contributed by atoms with van der Waals surface area (Å²) in [5, 5.41) is 9.55. The SMILES string of the molecule is Cn1nc(-c2ccccc2)c(C[P+](c2ccccc2)(c2ccccc2)c2ccccc2)c1Cl. The minimum Gasteiger partial charge on any atom is -0.256 e. The van der Waals surface area contributed by atoms with Crippen LogP contribution in [0.4, 0.5) is 0 Å². The number of rotatable bonds is 6. The van der Waals surface area contributed by atoms with Crippen LogP contribution in [0.3, 0.4) is 0 Å². The fraction of sp³-hybridized carbons (Fsp3) is 0.0690. The van der Waals surface area contributed by atoms with Crippen molar-refractivity contribution in [2.24, 2.45) is 7.05 Å². The van der Waals surface area contributed by atoms with Crippen molar-refractivity contribution in [3.05, 3.63) is 132 Å². The molecular formula is C29H25ClN2P+. The molecule has 0 spiro atoms. The van der Waals surface area contributed by atoms with Gasteiger partial charge in [0.25, 0.3) is 0 Å². The molecule has 2 nitrogen and oxygen atoms in total. The van der Waals surface area contributed by atoms with Gasteiger partial charge >= 0.3 is 0 Å². The van der Waals surface area contributed by atoms with Gasteiger partial charge in [-0.1, -0.05) is 96.5 Å². The summed E-state index contributed by atoms with van der Waals surface area (Å²) in [5.74, 6) is 0. The summed E-state index contributed by atoms with van der Waals surface area (Å²) < 4.78 is 1.80. The Morgan fingerprint density at radius 2 is 1.03 bits per heavy atom. The van der Waals surface area contributed by atoms with Crippen molar-refractivity contribution in [3.63, 3.8) is 0 Å². The van der Waals surface area contributed by atoms with Crippen molar-refractivity contribution < 1.29 is 0 Å². The van der Waals surface area contributed by atoms with E-state index < -0.39 is 7.26 Å². The molecule has 0 radical (unpaired) electrons. The van der Waals surface area contributed by atoms with E-state index >= 15 is 0 Å². The van der Waals surface area contributed by atoms with Crippen molar-refractivity contribution in [3.8, 4) is 11.3 Å². The zero-order valence-corrected chi connectivity index (χ0v) is 20.1. The minimum absolute atomic E-state index is 0.695. The molecule has 5 aromatic rings. The first-order valence-corrected chi connectivity index (χ1v) is 13.4. The van der Waals surface area contributed by atoms with Gasteiger partial charge < -0.3 is 0 Å². The largest absolute Gasteiger partial charge is 0.256 e. The van der Waals surface area contributed by atoms with Crippen LogP contribution >= 0.6 is 18.9 Å². The zero-order chi connectivity index (χ0) is 22.7. The number of hydrogen-bond donors (Lipinski definition) is 0. The van der Waals surface area contributed by atoms with Crippen LogP contribution in [0.25, 0.3) is 11.3 Å². The molecule has 1 heterocycles. The van der Waals surface area contributed by atoms with Crippen molar-refractivity contribution in [1.82, 2.24) is 9.78 Å². The molecule has 0 bridgehead atoms. The van der Waals surface area contributed by atoms with E-state index in [-0.39, 0.29) is 0 Å². The molecule has 0 unspecified atom stereocenters. The summed E-state index contributed by atoms with van der Waals surface area (Å²) >= 11 is 6.95. The third kappa shape index (κ3) is 4.02. The molecule has 0 saturated carbocycles. The molecule has 0 N–H and O–H groups in total. The van der Waals surface area contributed by atoms with E-state index in [1.807, 2.05) is 13.1 Å². The first-order valence-electron chi connectivity index (χ1n) is 11.0. The molecule has 5 rings (SSSR count). The van der Waals surface area contributed by atoms with Crippen LogP contribution in [-0.4, -0.2) is 9.78 Å². The van der Waals surface area contributed by atoms with Crippen LogP contribution in [0.1, 0.15) is 5.56 Å². The summed E-state index contributed by atoms with van der Waals surface area (Å²) in [5.41, 5.74) is 3.13. The van der Waals surface area contributed by atoms with E-state index in [0.717, 1.165) is 23.0 Å². The summed E-state index contributed by atoms with van der Waals surface area (Å²) in [6, 6.07) is 43.0. The topological polar surface area (TPSA) is 17.8 Å². The first-order chi connectivity index (χ1) is 16.2. The number of halogens is 1. The highest BCUT2D eigenvalue weighted by molar-refractivity contribution is 7.95. The van der Waals surface area contributed by atoms with Crippen LogP contribution in [0.5, 0.6) is 0 Å². The lowest BCUT2D eigenvalue weighted by Crippen LogP contribution is -2.32. The quantitative estimate of drug-likeness (QED) is 0.270. The Bertz CT molecular complexity index is 1240. The summed E-state index contributed by atoms with van der Waals surface area (Å²) in [6.07, 6.45) is 0.794. The minimum atomic E-state index is -2.07. The molecule has 0 fully saturated rings. The molecule has 0 saturated heterocycles. The van der Waals surface area contributed by atoms with E-state index in [0.29, 0.717) is 5.15 Å². The highest BCUT2D eigenvalue weighted by Crippen LogP contribution is 2.59. The molecule has 4 aromatic carbocycles. The Hall–Kier alpha value is -3.19. The fourth-order valence-electron chi connectivity index (χ4n) is 4.52.